The molecule has 3 nitrogen and oxygen atoms in total. The minimum absolute atomic E-state index is 0.128. The van der Waals surface area contributed by atoms with E-state index in [1.54, 1.807) is 6.07 Å². The minimum atomic E-state index is -0.333. The molecule has 0 radical (unpaired) electrons. The molecule has 0 aliphatic carbocycles. The maximum Gasteiger partial charge on any atom is 0.165 e. The summed E-state index contributed by atoms with van der Waals surface area (Å²) in [6, 6.07) is 15.2. The molecule has 0 saturated heterocycles. The molecule has 2 aromatic carbocycles. The molecule has 0 spiro atoms. The summed E-state index contributed by atoms with van der Waals surface area (Å²) in [5.41, 5.74) is 2.04. The summed E-state index contributed by atoms with van der Waals surface area (Å²) in [5, 5.41) is 3.34. The first-order chi connectivity index (χ1) is 11.7. The fraction of sp³-hybridized carbons (Fsp3) is 0.400. The lowest BCUT2D eigenvalue weighted by Crippen LogP contribution is -2.19. The first kappa shape index (κ1) is 18.4. The van der Waals surface area contributed by atoms with E-state index < -0.39 is 0 Å². The third-order valence-electron chi connectivity index (χ3n) is 3.75. The van der Waals surface area contributed by atoms with Gasteiger partial charge < -0.3 is 14.8 Å². The van der Waals surface area contributed by atoms with Crippen LogP contribution in [0.1, 0.15) is 37.4 Å². The van der Waals surface area contributed by atoms with E-state index in [1.807, 2.05) is 43.3 Å². The SMILES string of the molecule is CCCNC(C)c1ccc(OCCOCc2ccccc2)c(F)c1. The van der Waals surface area contributed by atoms with Crippen molar-refractivity contribution >= 4 is 0 Å². The molecule has 130 valence electrons. The number of rotatable bonds is 10. The Morgan fingerprint density at radius 2 is 1.88 bits per heavy atom. The largest absolute Gasteiger partial charge is 0.488 e. The standard InChI is InChI=1S/C20H26FNO2/c1-3-11-22-16(2)18-9-10-20(19(21)14-18)24-13-12-23-15-17-7-5-4-6-8-17/h4-10,14,16,22H,3,11-13,15H2,1-2H3. The van der Waals surface area contributed by atoms with Crippen LogP contribution in [0.3, 0.4) is 0 Å². The highest BCUT2D eigenvalue weighted by molar-refractivity contribution is 5.30. The van der Waals surface area contributed by atoms with Gasteiger partial charge in [0.25, 0.3) is 0 Å². The molecular formula is C20H26FNO2. The second-order valence-corrected chi connectivity index (χ2v) is 5.75. The molecule has 0 amide bonds. The number of nitrogens with one attached hydrogen (secondary N) is 1. The van der Waals surface area contributed by atoms with E-state index in [-0.39, 0.29) is 17.6 Å². The average molecular weight is 331 g/mol. The topological polar surface area (TPSA) is 30.5 Å². The van der Waals surface area contributed by atoms with Gasteiger partial charge in [0.2, 0.25) is 0 Å². The number of ether oxygens (including phenoxy) is 2. The van der Waals surface area contributed by atoms with Crippen molar-refractivity contribution in [3.8, 4) is 5.75 Å². The maximum absolute atomic E-state index is 14.1. The predicted molar refractivity (Wildman–Crippen MR) is 94.7 cm³/mol. The Labute approximate surface area is 143 Å². The van der Waals surface area contributed by atoms with E-state index in [9.17, 15) is 4.39 Å². The minimum Gasteiger partial charge on any atom is -0.488 e. The lowest BCUT2D eigenvalue weighted by Gasteiger charge is -2.15. The Morgan fingerprint density at radius 3 is 2.58 bits per heavy atom. The van der Waals surface area contributed by atoms with Crippen molar-refractivity contribution in [1.29, 1.82) is 0 Å². The molecule has 0 aliphatic heterocycles. The highest BCUT2D eigenvalue weighted by Crippen LogP contribution is 2.22. The van der Waals surface area contributed by atoms with Crippen molar-refractivity contribution in [2.24, 2.45) is 0 Å². The van der Waals surface area contributed by atoms with Crippen molar-refractivity contribution < 1.29 is 13.9 Å². The Bertz CT molecular complexity index is 604. The summed E-state index contributed by atoms with van der Waals surface area (Å²) >= 11 is 0. The van der Waals surface area contributed by atoms with Crippen LogP contribution in [0.15, 0.2) is 48.5 Å². The summed E-state index contributed by atoms with van der Waals surface area (Å²) in [5.74, 6) is -0.0644. The molecule has 0 aliphatic rings. The number of benzene rings is 2. The summed E-state index contributed by atoms with van der Waals surface area (Å²) in [4.78, 5) is 0. The van der Waals surface area contributed by atoms with Crippen LogP contribution in [0.4, 0.5) is 4.39 Å². The zero-order chi connectivity index (χ0) is 17.2. The van der Waals surface area contributed by atoms with Crippen LogP contribution in [0.2, 0.25) is 0 Å². The summed E-state index contributed by atoms with van der Waals surface area (Å²) in [7, 11) is 0. The molecule has 0 heterocycles. The van der Waals surface area contributed by atoms with Gasteiger partial charge in [-0.3, -0.25) is 0 Å². The van der Waals surface area contributed by atoms with Gasteiger partial charge in [-0.05, 0) is 43.1 Å². The molecule has 1 N–H and O–H groups in total. The highest BCUT2D eigenvalue weighted by atomic mass is 19.1. The molecule has 0 saturated carbocycles. The second kappa shape index (κ2) is 10.1. The van der Waals surface area contributed by atoms with Crippen molar-refractivity contribution in [3.63, 3.8) is 0 Å². The van der Waals surface area contributed by atoms with Gasteiger partial charge in [-0.2, -0.15) is 0 Å². The first-order valence-corrected chi connectivity index (χ1v) is 8.48. The lowest BCUT2D eigenvalue weighted by atomic mass is 10.1. The molecule has 1 unspecified atom stereocenters. The third-order valence-corrected chi connectivity index (χ3v) is 3.75. The second-order valence-electron chi connectivity index (χ2n) is 5.75. The number of halogens is 1. The fourth-order valence-corrected chi connectivity index (χ4v) is 2.36. The van der Waals surface area contributed by atoms with E-state index in [1.165, 1.54) is 6.07 Å². The van der Waals surface area contributed by atoms with E-state index in [0.717, 1.165) is 24.1 Å². The monoisotopic (exact) mass is 331 g/mol. The molecular weight excluding hydrogens is 305 g/mol. The highest BCUT2D eigenvalue weighted by Gasteiger charge is 2.09. The Balaban J connectivity index is 1.74. The van der Waals surface area contributed by atoms with Gasteiger partial charge >= 0.3 is 0 Å². The predicted octanol–water partition coefficient (Wildman–Crippen LogP) is 4.48. The molecule has 1 atom stereocenters. The van der Waals surface area contributed by atoms with Crippen molar-refractivity contribution in [2.75, 3.05) is 19.8 Å². The van der Waals surface area contributed by atoms with Crippen LogP contribution in [0, 0.1) is 5.82 Å². The van der Waals surface area contributed by atoms with Crippen LogP contribution in [0.25, 0.3) is 0 Å². The van der Waals surface area contributed by atoms with E-state index in [4.69, 9.17) is 9.47 Å². The molecule has 24 heavy (non-hydrogen) atoms. The molecule has 0 fully saturated rings. The van der Waals surface area contributed by atoms with Gasteiger partial charge in [0.15, 0.2) is 11.6 Å². The van der Waals surface area contributed by atoms with E-state index >= 15 is 0 Å². The van der Waals surface area contributed by atoms with Crippen LogP contribution in [-0.2, 0) is 11.3 Å². The quantitative estimate of drug-likeness (QED) is 0.651. The number of hydrogen-bond donors (Lipinski definition) is 1. The van der Waals surface area contributed by atoms with E-state index in [2.05, 4.69) is 12.2 Å². The van der Waals surface area contributed by atoms with Gasteiger partial charge in [-0.25, -0.2) is 4.39 Å². The summed E-state index contributed by atoms with van der Waals surface area (Å²) in [6.45, 7) is 6.34. The Hall–Kier alpha value is -1.91. The number of hydrogen-bond acceptors (Lipinski definition) is 3. The van der Waals surface area contributed by atoms with Crippen molar-refractivity contribution in [2.45, 2.75) is 32.9 Å². The summed E-state index contributed by atoms with van der Waals surface area (Å²) in [6.07, 6.45) is 1.05. The molecule has 2 rings (SSSR count). The van der Waals surface area contributed by atoms with Gasteiger partial charge in [-0.1, -0.05) is 43.3 Å². The fourth-order valence-electron chi connectivity index (χ4n) is 2.36. The maximum atomic E-state index is 14.1. The van der Waals surface area contributed by atoms with Crippen molar-refractivity contribution in [3.05, 3.63) is 65.5 Å². The van der Waals surface area contributed by atoms with Crippen LogP contribution < -0.4 is 10.1 Å². The van der Waals surface area contributed by atoms with Crippen molar-refractivity contribution in [1.82, 2.24) is 5.32 Å². The van der Waals surface area contributed by atoms with E-state index in [0.29, 0.717) is 19.8 Å². The smallest absolute Gasteiger partial charge is 0.165 e. The van der Waals surface area contributed by atoms with Gasteiger partial charge in [0, 0.05) is 6.04 Å². The Morgan fingerprint density at radius 1 is 1.08 bits per heavy atom. The van der Waals surface area contributed by atoms with Crippen LogP contribution in [-0.4, -0.2) is 19.8 Å². The molecule has 2 aromatic rings. The third kappa shape index (κ3) is 5.95. The zero-order valence-corrected chi connectivity index (χ0v) is 14.4. The van der Waals surface area contributed by atoms with Gasteiger partial charge in [0.05, 0.1) is 13.2 Å². The van der Waals surface area contributed by atoms with Gasteiger partial charge in [-0.15, -0.1) is 0 Å². The lowest BCUT2D eigenvalue weighted by molar-refractivity contribution is 0.0876. The zero-order valence-electron chi connectivity index (χ0n) is 14.4. The molecule has 0 aromatic heterocycles. The molecule has 0 bridgehead atoms. The average Bonchev–Trinajstić information content (AvgIpc) is 2.61. The van der Waals surface area contributed by atoms with Gasteiger partial charge in [0.1, 0.15) is 6.61 Å². The van der Waals surface area contributed by atoms with Crippen LogP contribution >= 0.6 is 0 Å². The molecule has 4 heteroatoms. The normalized spacial score (nSPS) is 12.1. The Kier molecular flexibility index (Phi) is 7.72. The summed E-state index contributed by atoms with van der Waals surface area (Å²) < 4.78 is 25.1. The first-order valence-electron chi connectivity index (χ1n) is 8.48. The van der Waals surface area contributed by atoms with Crippen LogP contribution in [0.5, 0.6) is 5.75 Å².